The minimum Gasteiger partial charge on any atom is -0.497 e. The van der Waals surface area contributed by atoms with Crippen molar-refractivity contribution in [2.75, 3.05) is 19.4 Å². The normalized spacial score (nSPS) is 13.1. The van der Waals surface area contributed by atoms with Crippen molar-refractivity contribution in [2.45, 2.75) is 51.3 Å². The minimum atomic E-state index is -0.686. The maximum atomic E-state index is 12.9. The molecule has 0 saturated heterocycles. The molecule has 0 fully saturated rings. The molecule has 0 spiro atoms. The molecule has 0 aliphatic heterocycles. The van der Waals surface area contributed by atoms with E-state index in [1.165, 1.54) is 0 Å². The fourth-order valence-corrected chi connectivity index (χ4v) is 5.16. The van der Waals surface area contributed by atoms with Gasteiger partial charge in [-0.05, 0) is 65.4 Å². The number of hydrogen-bond donors (Lipinski definition) is 5. The molecule has 1 unspecified atom stereocenters. The molecule has 7 N–H and O–H groups in total. The first-order valence-corrected chi connectivity index (χ1v) is 14.7. The molecule has 9 heteroatoms. The Hall–Kier alpha value is -4.73. The first kappa shape index (κ1) is 32.2. The number of primary amides is 1. The van der Waals surface area contributed by atoms with Crippen LogP contribution in [0.3, 0.4) is 0 Å². The number of carbonyl (C=O) groups is 2. The SMILES string of the molecule is COc1ccc([C@@H](C)c2cc(CNC(=O)Cc3cccc(CC(C)NC[C@H](O)c4ccc(N)nc4)c3)ccc2C(N)=O)cc1. The Kier molecular flexibility index (Phi) is 11.1. The molecule has 4 aromatic rings. The molecule has 1 heterocycles. The van der Waals surface area contributed by atoms with E-state index in [2.05, 4.69) is 22.5 Å². The Labute approximate surface area is 258 Å². The Morgan fingerprint density at radius 3 is 2.34 bits per heavy atom. The number of benzene rings is 3. The molecule has 4 rings (SSSR count). The van der Waals surface area contributed by atoms with Crippen LogP contribution in [-0.4, -0.2) is 41.6 Å². The van der Waals surface area contributed by atoms with Crippen molar-refractivity contribution < 1.29 is 19.4 Å². The summed E-state index contributed by atoms with van der Waals surface area (Å²) < 4.78 is 5.26. The number of rotatable bonds is 14. The third-order valence-corrected chi connectivity index (χ3v) is 7.71. The average Bonchev–Trinajstić information content (AvgIpc) is 3.02. The van der Waals surface area contributed by atoms with E-state index in [9.17, 15) is 14.7 Å². The van der Waals surface area contributed by atoms with Crippen molar-refractivity contribution in [1.29, 1.82) is 0 Å². The monoisotopic (exact) mass is 595 g/mol. The van der Waals surface area contributed by atoms with E-state index in [-0.39, 0.29) is 24.3 Å². The molecule has 44 heavy (non-hydrogen) atoms. The van der Waals surface area contributed by atoms with Gasteiger partial charge in [0.1, 0.15) is 11.6 Å². The van der Waals surface area contributed by atoms with Crippen LogP contribution in [0.2, 0.25) is 0 Å². The molecule has 0 bridgehead atoms. The fourth-order valence-electron chi connectivity index (χ4n) is 5.16. The topological polar surface area (TPSA) is 153 Å². The molecule has 230 valence electrons. The van der Waals surface area contributed by atoms with E-state index >= 15 is 0 Å². The van der Waals surface area contributed by atoms with Gasteiger partial charge >= 0.3 is 0 Å². The highest BCUT2D eigenvalue weighted by Gasteiger charge is 2.18. The average molecular weight is 596 g/mol. The van der Waals surface area contributed by atoms with Crippen LogP contribution < -0.4 is 26.8 Å². The quantitative estimate of drug-likeness (QED) is 0.148. The van der Waals surface area contributed by atoms with Gasteiger partial charge in [-0.25, -0.2) is 4.98 Å². The molecular weight excluding hydrogens is 554 g/mol. The van der Waals surface area contributed by atoms with Crippen LogP contribution in [0, 0.1) is 0 Å². The summed E-state index contributed by atoms with van der Waals surface area (Å²) in [5.41, 5.74) is 17.2. The first-order chi connectivity index (χ1) is 21.1. The molecule has 3 aromatic carbocycles. The van der Waals surface area contributed by atoms with Crippen LogP contribution in [0.15, 0.2) is 85.1 Å². The summed E-state index contributed by atoms with van der Waals surface area (Å²) in [5.74, 6) is 0.497. The van der Waals surface area contributed by atoms with Gasteiger partial charge in [-0.2, -0.15) is 0 Å². The number of carbonyl (C=O) groups excluding carboxylic acids is 2. The molecule has 0 saturated carbocycles. The maximum absolute atomic E-state index is 12.9. The zero-order valence-corrected chi connectivity index (χ0v) is 25.4. The number of nitrogens with two attached hydrogens (primary N) is 2. The Bertz CT molecular complexity index is 1560. The van der Waals surface area contributed by atoms with E-state index in [0.29, 0.717) is 30.0 Å². The highest BCUT2D eigenvalue weighted by atomic mass is 16.5. The highest BCUT2D eigenvalue weighted by molar-refractivity contribution is 5.94. The zero-order valence-electron chi connectivity index (χ0n) is 25.4. The van der Waals surface area contributed by atoms with Gasteiger partial charge in [0.2, 0.25) is 11.8 Å². The van der Waals surface area contributed by atoms with Crippen molar-refractivity contribution in [3.8, 4) is 5.75 Å². The molecule has 3 atom stereocenters. The van der Waals surface area contributed by atoms with Crippen LogP contribution in [0.4, 0.5) is 5.82 Å². The number of pyridine rings is 1. The van der Waals surface area contributed by atoms with E-state index < -0.39 is 12.0 Å². The largest absolute Gasteiger partial charge is 0.497 e. The smallest absolute Gasteiger partial charge is 0.248 e. The second-order valence-electron chi connectivity index (χ2n) is 11.1. The number of amides is 2. The van der Waals surface area contributed by atoms with Crippen molar-refractivity contribution in [2.24, 2.45) is 5.73 Å². The molecule has 1 aromatic heterocycles. The lowest BCUT2D eigenvalue weighted by molar-refractivity contribution is -0.120. The zero-order chi connectivity index (χ0) is 31.6. The summed E-state index contributed by atoms with van der Waals surface area (Å²) in [6, 6.07) is 24.7. The number of ether oxygens (including phenoxy) is 1. The number of aliphatic hydroxyl groups excluding tert-OH is 1. The predicted octanol–water partition coefficient (Wildman–Crippen LogP) is 4.04. The number of nitrogens with zero attached hydrogens (tertiary/aromatic N) is 1. The molecular formula is C35H41N5O4. The minimum absolute atomic E-state index is 0.0864. The van der Waals surface area contributed by atoms with Crippen molar-refractivity contribution >= 4 is 17.6 Å². The number of nitrogens with one attached hydrogen (secondary N) is 2. The van der Waals surface area contributed by atoms with E-state index in [4.69, 9.17) is 16.2 Å². The van der Waals surface area contributed by atoms with Gasteiger partial charge in [0.05, 0.1) is 19.6 Å². The summed E-state index contributed by atoms with van der Waals surface area (Å²) in [4.78, 5) is 29.1. The van der Waals surface area contributed by atoms with Crippen LogP contribution in [0.1, 0.15) is 69.6 Å². The maximum Gasteiger partial charge on any atom is 0.248 e. The number of anilines is 1. The Balaban J connectivity index is 1.32. The molecule has 0 aliphatic rings. The van der Waals surface area contributed by atoms with Crippen molar-refractivity contribution in [3.05, 3.63) is 124 Å². The van der Waals surface area contributed by atoms with E-state index in [1.807, 2.05) is 67.6 Å². The molecule has 2 amide bonds. The number of aromatic nitrogens is 1. The summed E-state index contributed by atoms with van der Waals surface area (Å²) in [7, 11) is 1.62. The number of nitrogen functional groups attached to an aromatic ring is 1. The standard InChI is InChI=1S/C35H41N5O4/c1-22(38-21-32(41)28-10-14-33(36)39-20-28)15-24-5-4-6-25(16-24)18-34(42)40-19-26-7-13-30(35(37)43)31(17-26)23(2)27-8-11-29(44-3)12-9-27/h4-14,16-17,20,22-23,32,38,41H,15,18-19,21H2,1-3H3,(H2,36,39)(H2,37,43)(H,40,42)/t22?,23-,32+/m1/s1. The second kappa shape index (κ2) is 15.1. The van der Waals surface area contributed by atoms with Gasteiger partial charge in [0.15, 0.2) is 0 Å². The summed E-state index contributed by atoms with van der Waals surface area (Å²) in [6.07, 6.45) is 1.88. The molecule has 0 radical (unpaired) electrons. The lowest BCUT2D eigenvalue weighted by Gasteiger charge is -2.18. The van der Waals surface area contributed by atoms with Crippen LogP contribution in [0.25, 0.3) is 0 Å². The number of aliphatic hydroxyl groups is 1. The summed E-state index contributed by atoms with van der Waals surface area (Å²) >= 11 is 0. The van der Waals surface area contributed by atoms with Crippen LogP contribution in [0.5, 0.6) is 5.75 Å². The third kappa shape index (κ3) is 8.89. The van der Waals surface area contributed by atoms with Crippen LogP contribution in [-0.2, 0) is 24.2 Å². The van der Waals surface area contributed by atoms with E-state index in [1.54, 1.807) is 31.5 Å². The van der Waals surface area contributed by atoms with Gasteiger partial charge in [0, 0.05) is 42.4 Å². The summed E-state index contributed by atoms with van der Waals surface area (Å²) in [5, 5.41) is 16.8. The molecule has 0 aliphatic carbocycles. The van der Waals surface area contributed by atoms with Gasteiger partial charge in [-0.3, -0.25) is 9.59 Å². The molecule has 9 nitrogen and oxygen atoms in total. The Morgan fingerprint density at radius 2 is 1.66 bits per heavy atom. The second-order valence-corrected chi connectivity index (χ2v) is 11.1. The van der Waals surface area contributed by atoms with Crippen LogP contribution >= 0.6 is 0 Å². The highest BCUT2D eigenvalue weighted by Crippen LogP contribution is 2.29. The lowest BCUT2D eigenvalue weighted by atomic mass is 9.88. The van der Waals surface area contributed by atoms with E-state index in [0.717, 1.165) is 40.0 Å². The number of hydrogen-bond acceptors (Lipinski definition) is 7. The predicted molar refractivity (Wildman–Crippen MR) is 172 cm³/mol. The summed E-state index contributed by atoms with van der Waals surface area (Å²) in [6.45, 7) is 4.79. The van der Waals surface area contributed by atoms with Gasteiger partial charge < -0.3 is 31.9 Å². The van der Waals surface area contributed by atoms with Gasteiger partial charge in [0.25, 0.3) is 0 Å². The first-order valence-electron chi connectivity index (χ1n) is 14.7. The Morgan fingerprint density at radius 1 is 0.932 bits per heavy atom. The van der Waals surface area contributed by atoms with Gasteiger partial charge in [-0.15, -0.1) is 0 Å². The fraction of sp³-hybridized carbons (Fsp3) is 0.286. The lowest BCUT2D eigenvalue weighted by Crippen LogP contribution is -2.32. The third-order valence-electron chi connectivity index (χ3n) is 7.71. The van der Waals surface area contributed by atoms with Crippen molar-refractivity contribution in [3.63, 3.8) is 0 Å². The number of methoxy groups -OCH3 is 1. The van der Waals surface area contributed by atoms with Gasteiger partial charge in [-0.1, -0.05) is 61.5 Å². The van der Waals surface area contributed by atoms with Crippen molar-refractivity contribution in [1.82, 2.24) is 15.6 Å².